The van der Waals surface area contributed by atoms with E-state index < -0.39 is 42.7 Å². The number of nitrogens with zero attached hydrogens (tertiary/aromatic N) is 2. The first-order valence-corrected chi connectivity index (χ1v) is 15.0. The Morgan fingerprint density at radius 3 is 2.17 bits per heavy atom. The second kappa shape index (κ2) is 10.3. The fourth-order valence-electron chi connectivity index (χ4n) is 4.97. The summed E-state index contributed by atoms with van der Waals surface area (Å²) in [4.78, 5) is 14.6. The lowest BCUT2D eigenvalue weighted by molar-refractivity contribution is -0.138. The summed E-state index contributed by atoms with van der Waals surface area (Å²) in [6, 6.07) is 13.7. The average Bonchev–Trinajstić information content (AvgIpc) is 2.83. The molecule has 2 aromatic carbocycles. The van der Waals surface area contributed by atoms with Crippen LogP contribution in [0.2, 0.25) is 0 Å². The second-order valence-corrected chi connectivity index (χ2v) is 12.8. The molecular weight excluding hydrogens is 493 g/mol. The monoisotopic (exact) mass is 523 g/mol. The maximum Gasteiger partial charge on any atom is 0.246 e. The van der Waals surface area contributed by atoms with Crippen molar-refractivity contribution in [3.8, 4) is 0 Å². The number of rotatable bonds is 6. The van der Waals surface area contributed by atoms with Gasteiger partial charge in [-0.1, -0.05) is 42.5 Å². The highest BCUT2D eigenvalue weighted by atomic mass is 32.2. The maximum absolute atomic E-state index is 14.5. The van der Waals surface area contributed by atoms with E-state index in [1.807, 2.05) is 30.3 Å². The number of carbonyl (C=O) groups is 1. The summed E-state index contributed by atoms with van der Waals surface area (Å²) in [5.74, 6) is -1.54. The van der Waals surface area contributed by atoms with E-state index in [1.54, 1.807) is 4.90 Å². The van der Waals surface area contributed by atoms with Crippen molar-refractivity contribution in [3.63, 3.8) is 0 Å². The molecule has 4 rings (SSSR count). The first-order chi connectivity index (χ1) is 16.6. The summed E-state index contributed by atoms with van der Waals surface area (Å²) in [5, 5.41) is 0. The van der Waals surface area contributed by atoms with E-state index in [0.29, 0.717) is 38.8 Å². The van der Waals surface area contributed by atoms with Gasteiger partial charge >= 0.3 is 0 Å². The number of halogens is 1. The second-order valence-electron chi connectivity index (χ2n) is 9.20. The highest BCUT2D eigenvalue weighted by molar-refractivity contribution is 7.89. The molecule has 2 saturated heterocycles. The number of likely N-dealkylation sites (tertiary alicyclic amines) is 1. The predicted molar refractivity (Wildman–Crippen MR) is 130 cm³/mol. The molecular formula is C24H30FN3O5S2. The third-order valence-corrected chi connectivity index (χ3v) is 9.35. The van der Waals surface area contributed by atoms with Crippen molar-refractivity contribution in [2.45, 2.75) is 42.7 Å². The van der Waals surface area contributed by atoms with Crippen LogP contribution in [0.25, 0.3) is 0 Å². The minimum Gasteiger partial charge on any atom is -0.342 e. The van der Waals surface area contributed by atoms with Crippen LogP contribution in [0.4, 0.5) is 4.39 Å². The molecule has 190 valence electrons. The third-order valence-electron chi connectivity index (χ3n) is 6.68. The number of carbonyl (C=O) groups excluding carboxylic acids is 1. The van der Waals surface area contributed by atoms with E-state index in [9.17, 15) is 26.0 Å². The number of piperidine rings is 2. The number of hydrogen-bond donors (Lipinski definition) is 1. The Hall–Kier alpha value is -2.34. The van der Waals surface area contributed by atoms with Crippen LogP contribution in [0, 0.1) is 11.7 Å². The van der Waals surface area contributed by atoms with Crippen molar-refractivity contribution in [1.29, 1.82) is 0 Å². The van der Waals surface area contributed by atoms with Crippen molar-refractivity contribution in [1.82, 2.24) is 13.9 Å². The smallest absolute Gasteiger partial charge is 0.246 e. The predicted octanol–water partition coefficient (Wildman–Crippen LogP) is 2.51. The molecule has 2 fully saturated rings. The van der Waals surface area contributed by atoms with Gasteiger partial charge in [-0.3, -0.25) is 4.79 Å². The summed E-state index contributed by atoms with van der Waals surface area (Å²) < 4.78 is 68.6. The van der Waals surface area contributed by atoms with Crippen LogP contribution in [0.15, 0.2) is 59.5 Å². The Balaban J connectivity index is 1.55. The number of sulfonamides is 2. The first kappa shape index (κ1) is 25.7. The Bertz CT molecular complexity index is 1260. The molecule has 0 aliphatic carbocycles. The maximum atomic E-state index is 14.5. The van der Waals surface area contributed by atoms with Gasteiger partial charge in [0, 0.05) is 25.7 Å². The van der Waals surface area contributed by atoms with Crippen LogP contribution < -0.4 is 4.72 Å². The molecule has 2 heterocycles. The van der Waals surface area contributed by atoms with Crippen LogP contribution in [0.5, 0.6) is 0 Å². The lowest BCUT2D eigenvalue weighted by Crippen LogP contribution is -2.51. The first-order valence-electron chi connectivity index (χ1n) is 11.6. The number of nitrogens with one attached hydrogen (secondary N) is 1. The van der Waals surface area contributed by atoms with Gasteiger partial charge in [0.05, 0.1) is 18.2 Å². The Kier molecular flexibility index (Phi) is 7.60. The average molecular weight is 524 g/mol. The number of benzene rings is 2. The van der Waals surface area contributed by atoms with Gasteiger partial charge < -0.3 is 4.90 Å². The van der Waals surface area contributed by atoms with Gasteiger partial charge in [0.15, 0.2) is 0 Å². The molecule has 35 heavy (non-hydrogen) atoms. The van der Waals surface area contributed by atoms with E-state index in [2.05, 4.69) is 4.72 Å². The molecule has 8 nitrogen and oxygen atoms in total. The zero-order chi connectivity index (χ0) is 25.2. The van der Waals surface area contributed by atoms with Crippen LogP contribution in [-0.2, 0) is 24.8 Å². The van der Waals surface area contributed by atoms with Gasteiger partial charge in [0.2, 0.25) is 26.0 Å². The van der Waals surface area contributed by atoms with Gasteiger partial charge in [0.25, 0.3) is 0 Å². The molecule has 2 aromatic rings. The molecule has 0 bridgehead atoms. The molecule has 11 heteroatoms. The Labute approximate surface area is 206 Å². The van der Waals surface area contributed by atoms with Gasteiger partial charge in [-0.05, 0) is 43.4 Å². The third kappa shape index (κ3) is 5.91. The van der Waals surface area contributed by atoms with Crippen molar-refractivity contribution in [3.05, 3.63) is 66.0 Å². The van der Waals surface area contributed by atoms with E-state index >= 15 is 0 Å². The zero-order valence-corrected chi connectivity index (χ0v) is 21.1. The van der Waals surface area contributed by atoms with Gasteiger partial charge in [-0.25, -0.2) is 25.9 Å². The van der Waals surface area contributed by atoms with Gasteiger partial charge in [-0.2, -0.15) is 4.31 Å². The lowest BCUT2D eigenvalue weighted by Gasteiger charge is -2.41. The molecule has 0 aromatic heterocycles. The van der Waals surface area contributed by atoms with Crippen molar-refractivity contribution in [2.24, 2.45) is 5.92 Å². The molecule has 2 atom stereocenters. The summed E-state index contributed by atoms with van der Waals surface area (Å²) in [6.45, 7) is 0.742. The quantitative estimate of drug-likeness (QED) is 0.627. The van der Waals surface area contributed by atoms with Crippen LogP contribution in [-0.4, -0.2) is 63.9 Å². The van der Waals surface area contributed by atoms with Crippen LogP contribution in [0.3, 0.4) is 0 Å². The Morgan fingerprint density at radius 1 is 0.914 bits per heavy atom. The molecule has 0 radical (unpaired) electrons. The SMILES string of the molecule is CS(=O)(=O)NC1CCN(C(=O)[C@@H]2CC[C@H](c3ccccc3)N(S(=O)(=O)c3ccccc3F)C2)CC1. The lowest BCUT2D eigenvalue weighted by atomic mass is 9.89. The van der Waals surface area contributed by atoms with Crippen LogP contribution >= 0.6 is 0 Å². The zero-order valence-electron chi connectivity index (χ0n) is 19.5. The fraction of sp³-hybridized carbons (Fsp3) is 0.458. The molecule has 1 N–H and O–H groups in total. The minimum absolute atomic E-state index is 0.0451. The summed E-state index contributed by atoms with van der Waals surface area (Å²) in [6.07, 6.45) is 3.04. The highest BCUT2D eigenvalue weighted by Gasteiger charge is 2.42. The van der Waals surface area contributed by atoms with Gasteiger partial charge in [-0.15, -0.1) is 0 Å². The minimum atomic E-state index is -4.21. The number of amides is 1. The topological polar surface area (TPSA) is 104 Å². The van der Waals surface area contributed by atoms with Crippen molar-refractivity contribution in [2.75, 3.05) is 25.9 Å². The van der Waals surface area contributed by atoms with E-state index in [4.69, 9.17) is 0 Å². The summed E-state index contributed by atoms with van der Waals surface area (Å²) in [7, 11) is -7.53. The molecule has 1 amide bonds. The summed E-state index contributed by atoms with van der Waals surface area (Å²) >= 11 is 0. The van der Waals surface area contributed by atoms with Crippen LogP contribution in [0.1, 0.15) is 37.3 Å². The standard InChI is InChI=1S/C24H30FN3O5S2/c1-34(30,31)26-20-13-15-27(16-14-20)24(29)19-11-12-22(18-7-3-2-4-8-18)28(17-19)35(32,33)23-10-6-5-9-21(23)25/h2-10,19-20,22,26H,11-17H2,1H3/t19-,22-/m1/s1. The molecule has 0 saturated carbocycles. The summed E-state index contributed by atoms with van der Waals surface area (Å²) in [5.41, 5.74) is 0.797. The van der Waals surface area contributed by atoms with Gasteiger partial charge in [0.1, 0.15) is 10.7 Å². The number of hydrogen-bond acceptors (Lipinski definition) is 5. The molecule has 2 aliphatic heterocycles. The van der Waals surface area contributed by atoms with Crippen molar-refractivity contribution >= 4 is 26.0 Å². The van der Waals surface area contributed by atoms with Crippen molar-refractivity contribution < 1.29 is 26.0 Å². The molecule has 0 unspecified atom stereocenters. The van der Waals surface area contributed by atoms with E-state index in [-0.39, 0.29) is 18.5 Å². The van der Waals surface area contributed by atoms with E-state index in [1.165, 1.54) is 22.5 Å². The largest absolute Gasteiger partial charge is 0.342 e. The molecule has 0 spiro atoms. The fourth-order valence-corrected chi connectivity index (χ4v) is 7.57. The van der Waals surface area contributed by atoms with E-state index in [0.717, 1.165) is 17.9 Å². The highest BCUT2D eigenvalue weighted by Crippen LogP contribution is 2.38. The Morgan fingerprint density at radius 2 is 1.54 bits per heavy atom. The normalized spacial score (nSPS) is 22.7. The molecule has 2 aliphatic rings.